The van der Waals surface area contributed by atoms with Crippen LogP contribution in [0.1, 0.15) is 27.6 Å². The number of morpholine rings is 1. The highest BCUT2D eigenvalue weighted by molar-refractivity contribution is 6.05. The van der Waals surface area contributed by atoms with Crippen LogP contribution in [0.3, 0.4) is 0 Å². The Morgan fingerprint density at radius 2 is 2.00 bits per heavy atom. The third-order valence-electron chi connectivity index (χ3n) is 3.94. The summed E-state index contributed by atoms with van der Waals surface area (Å²) in [6.45, 7) is 3.64. The molecule has 1 saturated heterocycles. The normalized spacial score (nSPS) is 17.4. The lowest BCUT2D eigenvalue weighted by Crippen LogP contribution is -2.47. The lowest BCUT2D eigenvalue weighted by atomic mass is 10.1. The van der Waals surface area contributed by atoms with E-state index in [1.807, 2.05) is 6.92 Å². The van der Waals surface area contributed by atoms with Gasteiger partial charge in [-0.3, -0.25) is 14.6 Å². The minimum atomic E-state index is -0.235. The first-order chi connectivity index (χ1) is 11.6. The Morgan fingerprint density at radius 3 is 2.75 bits per heavy atom. The quantitative estimate of drug-likeness (QED) is 0.939. The highest BCUT2D eigenvalue weighted by Crippen LogP contribution is 2.17. The number of hydrogen-bond donors (Lipinski definition) is 1. The Kier molecular flexibility index (Phi) is 4.86. The summed E-state index contributed by atoms with van der Waals surface area (Å²) in [5, 5.41) is 2.81. The minimum absolute atomic E-state index is 0.0429. The van der Waals surface area contributed by atoms with E-state index in [9.17, 15) is 9.59 Å². The fourth-order valence-electron chi connectivity index (χ4n) is 2.63. The number of ether oxygens (including phenoxy) is 1. The van der Waals surface area contributed by atoms with Crippen molar-refractivity contribution in [3.05, 3.63) is 59.9 Å². The second-order valence-electron chi connectivity index (χ2n) is 5.69. The molecule has 1 N–H and O–H groups in total. The van der Waals surface area contributed by atoms with Gasteiger partial charge in [-0.15, -0.1) is 0 Å². The molecule has 124 valence electrons. The van der Waals surface area contributed by atoms with Gasteiger partial charge in [0, 0.05) is 35.8 Å². The Hall–Kier alpha value is -2.73. The Labute approximate surface area is 140 Å². The highest BCUT2D eigenvalue weighted by atomic mass is 16.5. The zero-order valence-electron chi connectivity index (χ0n) is 13.4. The molecule has 1 fully saturated rings. The maximum Gasteiger partial charge on any atom is 0.255 e. The van der Waals surface area contributed by atoms with Crippen molar-refractivity contribution in [2.75, 3.05) is 25.1 Å². The van der Waals surface area contributed by atoms with E-state index in [1.54, 1.807) is 53.7 Å². The van der Waals surface area contributed by atoms with Crippen LogP contribution in [0.5, 0.6) is 0 Å². The van der Waals surface area contributed by atoms with Crippen molar-refractivity contribution < 1.29 is 14.3 Å². The number of carbonyl (C=O) groups is 2. The van der Waals surface area contributed by atoms with Gasteiger partial charge >= 0.3 is 0 Å². The molecule has 1 aliphatic heterocycles. The van der Waals surface area contributed by atoms with Gasteiger partial charge in [0.15, 0.2) is 0 Å². The minimum Gasteiger partial charge on any atom is -0.377 e. The summed E-state index contributed by atoms with van der Waals surface area (Å²) in [7, 11) is 0. The predicted octanol–water partition coefficient (Wildman–Crippen LogP) is 2.19. The molecule has 1 atom stereocenters. The first-order valence-electron chi connectivity index (χ1n) is 7.85. The van der Waals surface area contributed by atoms with Crippen molar-refractivity contribution in [1.82, 2.24) is 9.88 Å². The third kappa shape index (κ3) is 3.60. The molecule has 0 spiro atoms. The average Bonchev–Trinajstić information content (AvgIpc) is 2.62. The molecule has 3 rings (SSSR count). The van der Waals surface area contributed by atoms with Gasteiger partial charge in [0.05, 0.1) is 19.3 Å². The van der Waals surface area contributed by atoms with Crippen LogP contribution in [0.25, 0.3) is 0 Å². The molecule has 2 amide bonds. The molecule has 0 saturated carbocycles. The fourth-order valence-corrected chi connectivity index (χ4v) is 2.63. The largest absolute Gasteiger partial charge is 0.377 e. The van der Waals surface area contributed by atoms with E-state index < -0.39 is 0 Å². The van der Waals surface area contributed by atoms with Gasteiger partial charge in [-0.1, -0.05) is 6.07 Å². The zero-order valence-corrected chi connectivity index (χ0v) is 13.4. The van der Waals surface area contributed by atoms with E-state index in [0.29, 0.717) is 36.6 Å². The van der Waals surface area contributed by atoms with Crippen LogP contribution in [-0.4, -0.2) is 47.5 Å². The summed E-state index contributed by atoms with van der Waals surface area (Å²) < 4.78 is 5.37. The van der Waals surface area contributed by atoms with E-state index in [-0.39, 0.29) is 17.9 Å². The van der Waals surface area contributed by atoms with Crippen LogP contribution in [0, 0.1) is 0 Å². The summed E-state index contributed by atoms with van der Waals surface area (Å²) in [4.78, 5) is 30.6. The second-order valence-corrected chi connectivity index (χ2v) is 5.69. The van der Waals surface area contributed by atoms with Gasteiger partial charge in [0.1, 0.15) is 0 Å². The number of rotatable bonds is 3. The van der Waals surface area contributed by atoms with E-state index in [2.05, 4.69) is 10.3 Å². The fraction of sp³-hybridized carbons (Fsp3) is 0.278. The lowest BCUT2D eigenvalue weighted by Gasteiger charge is -2.33. The van der Waals surface area contributed by atoms with Gasteiger partial charge in [-0.2, -0.15) is 0 Å². The molecule has 2 heterocycles. The maximum absolute atomic E-state index is 12.7. The molecular weight excluding hydrogens is 306 g/mol. The van der Waals surface area contributed by atoms with Crippen LogP contribution in [-0.2, 0) is 4.74 Å². The number of pyridine rings is 1. The van der Waals surface area contributed by atoms with Crippen LogP contribution in [0.4, 0.5) is 5.69 Å². The number of anilines is 1. The molecule has 0 bridgehead atoms. The van der Waals surface area contributed by atoms with Gasteiger partial charge < -0.3 is 15.0 Å². The monoisotopic (exact) mass is 325 g/mol. The molecular formula is C18H19N3O3. The second kappa shape index (κ2) is 7.23. The van der Waals surface area contributed by atoms with E-state index in [4.69, 9.17) is 4.74 Å². The van der Waals surface area contributed by atoms with Gasteiger partial charge in [-0.05, 0) is 37.3 Å². The molecule has 1 aromatic carbocycles. The number of benzene rings is 1. The van der Waals surface area contributed by atoms with Crippen molar-refractivity contribution in [2.24, 2.45) is 0 Å². The first kappa shape index (κ1) is 16.1. The molecule has 0 radical (unpaired) electrons. The molecule has 6 heteroatoms. The third-order valence-corrected chi connectivity index (χ3v) is 3.94. The molecule has 2 aromatic rings. The number of nitrogens with one attached hydrogen (secondary N) is 1. The lowest BCUT2D eigenvalue weighted by molar-refractivity contribution is 0.00359. The van der Waals surface area contributed by atoms with Gasteiger partial charge in [0.25, 0.3) is 11.8 Å². The number of amides is 2. The number of carbonyl (C=O) groups excluding carboxylic acids is 2. The SMILES string of the molecule is CC1COCCN1C(=O)c1cccc(NC(=O)c2ccncc2)c1. The Bertz CT molecular complexity index is 733. The molecule has 1 aromatic heterocycles. The summed E-state index contributed by atoms with van der Waals surface area (Å²) >= 11 is 0. The van der Waals surface area contributed by atoms with Crippen LogP contribution < -0.4 is 5.32 Å². The molecule has 0 aliphatic carbocycles. The van der Waals surface area contributed by atoms with Crippen molar-refractivity contribution in [2.45, 2.75) is 13.0 Å². The van der Waals surface area contributed by atoms with Crippen molar-refractivity contribution in [1.29, 1.82) is 0 Å². The summed E-state index contributed by atoms with van der Waals surface area (Å²) in [5.41, 5.74) is 1.66. The number of nitrogens with zero attached hydrogens (tertiary/aromatic N) is 2. The van der Waals surface area contributed by atoms with Crippen molar-refractivity contribution in [3.8, 4) is 0 Å². The number of hydrogen-bond acceptors (Lipinski definition) is 4. The molecule has 1 unspecified atom stereocenters. The van der Waals surface area contributed by atoms with Crippen LogP contribution in [0.2, 0.25) is 0 Å². The summed E-state index contributed by atoms with van der Waals surface area (Å²) in [6.07, 6.45) is 3.13. The molecule has 24 heavy (non-hydrogen) atoms. The predicted molar refractivity (Wildman–Crippen MR) is 89.9 cm³/mol. The van der Waals surface area contributed by atoms with Crippen molar-refractivity contribution in [3.63, 3.8) is 0 Å². The summed E-state index contributed by atoms with van der Waals surface area (Å²) in [5.74, 6) is -0.285. The zero-order chi connectivity index (χ0) is 16.9. The smallest absolute Gasteiger partial charge is 0.255 e. The highest BCUT2D eigenvalue weighted by Gasteiger charge is 2.24. The van der Waals surface area contributed by atoms with Gasteiger partial charge in [-0.25, -0.2) is 0 Å². The molecule has 6 nitrogen and oxygen atoms in total. The Balaban J connectivity index is 1.74. The van der Waals surface area contributed by atoms with Crippen LogP contribution in [0.15, 0.2) is 48.8 Å². The standard InChI is InChI=1S/C18H19N3O3/c1-13-12-24-10-9-21(13)18(23)15-3-2-4-16(11-15)20-17(22)14-5-7-19-8-6-14/h2-8,11,13H,9-10,12H2,1H3,(H,20,22). The van der Waals surface area contributed by atoms with E-state index >= 15 is 0 Å². The summed E-state index contributed by atoms with van der Waals surface area (Å²) in [6, 6.07) is 10.3. The van der Waals surface area contributed by atoms with Crippen molar-refractivity contribution >= 4 is 17.5 Å². The Morgan fingerprint density at radius 1 is 1.21 bits per heavy atom. The topological polar surface area (TPSA) is 71.5 Å². The average molecular weight is 325 g/mol. The van der Waals surface area contributed by atoms with E-state index in [0.717, 1.165) is 0 Å². The van der Waals surface area contributed by atoms with Gasteiger partial charge in [0.2, 0.25) is 0 Å². The maximum atomic E-state index is 12.7. The first-order valence-corrected chi connectivity index (χ1v) is 7.85. The van der Waals surface area contributed by atoms with E-state index in [1.165, 1.54) is 0 Å². The number of aromatic nitrogens is 1. The van der Waals surface area contributed by atoms with Crippen LogP contribution >= 0.6 is 0 Å². The molecule has 1 aliphatic rings.